The number of hydrogen-bond acceptors (Lipinski definition) is 2. The van der Waals surface area contributed by atoms with Crippen molar-refractivity contribution in [1.29, 1.82) is 0 Å². The second-order valence-corrected chi connectivity index (χ2v) is 6.29. The molecule has 0 saturated carbocycles. The molecule has 24 heavy (non-hydrogen) atoms. The number of H-pyrrole nitrogens is 1. The molecule has 0 aliphatic rings. The Bertz CT molecular complexity index is 775. The summed E-state index contributed by atoms with van der Waals surface area (Å²) in [5.41, 5.74) is 2.86. The molecular weight excluding hydrogens is 298 g/mol. The molecule has 0 bridgehead atoms. The molecular formula is C20H23N3O. The van der Waals surface area contributed by atoms with E-state index in [0.29, 0.717) is 12.2 Å². The number of rotatable bonds is 6. The van der Waals surface area contributed by atoms with E-state index in [1.807, 2.05) is 62.6 Å². The molecule has 124 valence electrons. The predicted octanol–water partition coefficient (Wildman–Crippen LogP) is 3.07. The van der Waals surface area contributed by atoms with Gasteiger partial charge in [-0.2, -0.15) is 0 Å². The molecule has 1 aromatic heterocycles. The molecule has 0 aliphatic carbocycles. The minimum Gasteiger partial charge on any atom is -0.351 e. The molecule has 3 rings (SSSR count). The van der Waals surface area contributed by atoms with Crippen molar-refractivity contribution < 1.29 is 4.79 Å². The normalized spacial score (nSPS) is 12.5. The number of carbonyl (C=O) groups is 1. The number of aromatic nitrogens is 1. The van der Waals surface area contributed by atoms with E-state index >= 15 is 0 Å². The Morgan fingerprint density at radius 2 is 1.79 bits per heavy atom. The summed E-state index contributed by atoms with van der Waals surface area (Å²) in [6.45, 7) is 0.607. The number of hydrogen-bond donors (Lipinski definition) is 2. The second-order valence-electron chi connectivity index (χ2n) is 6.29. The summed E-state index contributed by atoms with van der Waals surface area (Å²) in [5, 5.41) is 4.10. The van der Waals surface area contributed by atoms with E-state index in [-0.39, 0.29) is 11.9 Å². The molecule has 0 saturated heterocycles. The number of nitrogens with one attached hydrogen (secondary N) is 2. The van der Waals surface area contributed by atoms with Crippen LogP contribution >= 0.6 is 0 Å². The van der Waals surface area contributed by atoms with Crippen LogP contribution in [-0.2, 0) is 6.42 Å². The van der Waals surface area contributed by atoms with Crippen molar-refractivity contribution in [3.63, 3.8) is 0 Å². The fourth-order valence-corrected chi connectivity index (χ4v) is 2.82. The highest BCUT2D eigenvalue weighted by atomic mass is 16.1. The molecule has 0 fully saturated rings. The maximum atomic E-state index is 12.4. The molecule has 4 nitrogen and oxygen atoms in total. The minimum atomic E-state index is -0.0638. The third-order valence-corrected chi connectivity index (χ3v) is 4.32. The van der Waals surface area contributed by atoms with Gasteiger partial charge in [-0.25, -0.2) is 0 Å². The summed E-state index contributed by atoms with van der Waals surface area (Å²) in [6.07, 6.45) is 0.904. The average Bonchev–Trinajstić information content (AvgIpc) is 3.03. The summed E-state index contributed by atoms with van der Waals surface area (Å²) in [6, 6.07) is 20.4. The fourth-order valence-electron chi connectivity index (χ4n) is 2.82. The first kappa shape index (κ1) is 16.3. The molecule has 1 heterocycles. The van der Waals surface area contributed by atoms with Crippen LogP contribution < -0.4 is 5.32 Å². The molecule has 0 aliphatic heterocycles. The Kier molecular flexibility index (Phi) is 4.96. The number of aromatic amines is 1. The van der Waals surface area contributed by atoms with Gasteiger partial charge in [-0.15, -0.1) is 0 Å². The van der Waals surface area contributed by atoms with Crippen LogP contribution in [-0.4, -0.2) is 42.5 Å². The number of likely N-dealkylation sites (N-methyl/N-ethyl adjacent to an activating group) is 1. The topological polar surface area (TPSA) is 48.1 Å². The van der Waals surface area contributed by atoms with Crippen molar-refractivity contribution in [2.75, 3.05) is 20.6 Å². The van der Waals surface area contributed by atoms with Gasteiger partial charge in [0.15, 0.2) is 0 Å². The Morgan fingerprint density at radius 3 is 2.50 bits per heavy atom. The van der Waals surface area contributed by atoms with Gasteiger partial charge < -0.3 is 15.2 Å². The zero-order valence-corrected chi connectivity index (χ0v) is 14.1. The van der Waals surface area contributed by atoms with Crippen molar-refractivity contribution in [3.8, 4) is 0 Å². The van der Waals surface area contributed by atoms with Crippen LogP contribution in [0.15, 0.2) is 60.7 Å². The lowest BCUT2D eigenvalue weighted by atomic mass is 10.1. The van der Waals surface area contributed by atoms with Crippen molar-refractivity contribution >= 4 is 16.8 Å². The predicted molar refractivity (Wildman–Crippen MR) is 98.3 cm³/mol. The largest absolute Gasteiger partial charge is 0.351 e. The second kappa shape index (κ2) is 7.32. The van der Waals surface area contributed by atoms with E-state index in [9.17, 15) is 4.79 Å². The first-order valence-electron chi connectivity index (χ1n) is 8.20. The molecule has 4 heteroatoms. The van der Waals surface area contributed by atoms with Gasteiger partial charge in [-0.3, -0.25) is 4.79 Å². The monoisotopic (exact) mass is 321 g/mol. The van der Waals surface area contributed by atoms with E-state index < -0.39 is 0 Å². The van der Waals surface area contributed by atoms with Gasteiger partial charge >= 0.3 is 0 Å². The van der Waals surface area contributed by atoms with Gasteiger partial charge in [-0.1, -0.05) is 48.5 Å². The Morgan fingerprint density at radius 1 is 1.08 bits per heavy atom. The number of nitrogens with zero attached hydrogens (tertiary/aromatic N) is 1. The highest BCUT2D eigenvalue weighted by Gasteiger charge is 2.15. The lowest BCUT2D eigenvalue weighted by Crippen LogP contribution is -2.41. The van der Waals surface area contributed by atoms with Gasteiger partial charge in [0.05, 0.1) is 0 Å². The lowest BCUT2D eigenvalue weighted by molar-refractivity contribution is 0.0937. The molecule has 0 spiro atoms. The summed E-state index contributed by atoms with van der Waals surface area (Å²) < 4.78 is 0. The number of para-hydroxylation sites is 1. The summed E-state index contributed by atoms with van der Waals surface area (Å²) in [4.78, 5) is 17.8. The van der Waals surface area contributed by atoms with E-state index in [1.54, 1.807) is 0 Å². The third kappa shape index (κ3) is 3.84. The lowest BCUT2D eigenvalue weighted by Gasteiger charge is -2.24. The molecule has 0 radical (unpaired) electrons. The van der Waals surface area contributed by atoms with Crippen LogP contribution in [0.3, 0.4) is 0 Å². The van der Waals surface area contributed by atoms with E-state index in [1.165, 1.54) is 5.56 Å². The summed E-state index contributed by atoms with van der Waals surface area (Å²) in [5.74, 6) is -0.0638. The van der Waals surface area contributed by atoms with Gasteiger partial charge in [0, 0.05) is 23.5 Å². The maximum absolute atomic E-state index is 12.4. The standard InChI is InChI=1S/C20H23N3O/c1-23(2)17(12-15-8-4-3-5-9-15)14-21-20(24)19-13-16-10-6-7-11-18(16)22-19/h3-11,13,17,22H,12,14H2,1-2H3,(H,21,24)/t17-/m1/s1. The van der Waals surface area contributed by atoms with Crippen molar-refractivity contribution in [1.82, 2.24) is 15.2 Å². The summed E-state index contributed by atoms with van der Waals surface area (Å²) >= 11 is 0. The first-order valence-corrected chi connectivity index (χ1v) is 8.20. The van der Waals surface area contributed by atoms with Crippen molar-refractivity contribution in [3.05, 3.63) is 71.9 Å². The van der Waals surface area contributed by atoms with Gasteiger partial charge in [0.25, 0.3) is 5.91 Å². The van der Waals surface area contributed by atoms with Crippen LogP contribution in [0.2, 0.25) is 0 Å². The summed E-state index contributed by atoms with van der Waals surface area (Å²) in [7, 11) is 4.09. The van der Waals surface area contributed by atoms with E-state index in [2.05, 4.69) is 27.3 Å². The van der Waals surface area contributed by atoms with Crippen molar-refractivity contribution in [2.24, 2.45) is 0 Å². The third-order valence-electron chi connectivity index (χ3n) is 4.32. The van der Waals surface area contributed by atoms with Crippen LogP contribution in [0.4, 0.5) is 0 Å². The number of benzene rings is 2. The number of fused-ring (bicyclic) bond motifs is 1. The Balaban J connectivity index is 1.64. The Hall–Kier alpha value is -2.59. The smallest absolute Gasteiger partial charge is 0.267 e. The first-order chi connectivity index (χ1) is 11.6. The van der Waals surface area contributed by atoms with Crippen LogP contribution in [0.25, 0.3) is 10.9 Å². The molecule has 0 unspecified atom stereocenters. The number of amides is 1. The van der Waals surface area contributed by atoms with Crippen LogP contribution in [0, 0.1) is 0 Å². The molecule has 1 atom stereocenters. The molecule has 2 aromatic carbocycles. The van der Waals surface area contributed by atoms with Crippen LogP contribution in [0.5, 0.6) is 0 Å². The van der Waals surface area contributed by atoms with Crippen molar-refractivity contribution in [2.45, 2.75) is 12.5 Å². The van der Waals surface area contributed by atoms with Gasteiger partial charge in [0.1, 0.15) is 5.69 Å². The molecule has 1 amide bonds. The SMILES string of the molecule is CN(C)[C@@H](CNC(=O)c1cc2ccccc2[nH]1)Cc1ccccc1. The fraction of sp³-hybridized carbons (Fsp3) is 0.250. The highest BCUT2D eigenvalue weighted by molar-refractivity contribution is 5.97. The zero-order chi connectivity index (χ0) is 16.9. The van der Waals surface area contributed by atoms with E-state index in [0.717, 1.165) is 17.3 Å². The Labute approximate surface area is 142 Å². The maximum Gasteiger partial charge on any atom is 0.267 e. The van der Waals surface area contributed by atoms with Gasteiger partial charge in [-0.05, 0) is 38.2 Å². The molecule has 2 N–H and O–H groups in total. The van der Waals surface area contributed by atoms with Crippen LogP contribution in [0.1, 0.15) is 16.1 Å². The van der Waals surface area contributed by atoms with Gasteiger partial charge in [0.2, 0.25) is 0 Å². The van der Waals surface area contributed by atoms with E-state index in [4.69, 9.17) is 0 Å². The highest BCUT2D eigenvalue weighted by Crippen LogP contribution is 2.14. The molecule has 3 aromatic rings. The zero-order valence-electron chi connectivity index (χ0n) is 14.1. The minimum absolute atomic E-state index is 0.0638. The average molecular weight is 321 g/mol. The quantitative estimate of drug-likeness (QED) is 0.733. The number of carbonyl (C=O) groups excluding carboxylic acids is 1.